The van der Waals surface area contributed by atoms with Crippen LogP contribution in [-0.4, -0.2) is 51.1 Å². The summed E-state index contributed by atoms with van der Waals surface area (Å²) in [5.74, 6) is -0.334. The van der Waals surface area contributed by atoms with Gasteiger partial charge >= 0.3 is 0 Å². The van der Waals surface area contributed by atoms with Crippen LogP contribution in [0.4, 0.5) is 5.69 Å². The standard InChI is InChI=1S/C23H22ClN5O2/c1-27-18-8-5-12-25-17(18)9-10-19(22(27)30)28-13-11-16-20(23(28)31)26-29(21(16)24)14-15-6-3-2-4-7-15/h2-8,12,19H,9-11,13-14H2,1H3. The van der Waals surface area contributed by atoms with Crippen LogP contribution in [0.2, 0.25) is 5.15 Å². The van der Waals surface area contributed by atoms with Gasteiger partial charge in [-0.25, -0.2) is 4.68 Å². The number of hydrogen-bond acceptors (Lipinski definition) is 4. The van der Waals surface area contributed by atoms with E-state index in [9.17, 15) is 9.59 Å². The molecule has 1 unspecified atom stereocenters. The molecule has 0 saturated heterocycles. The Bertz CT molecular complexity index is 1160. The Labute approximate surface area is 185 Å². The van der Waals surface area contributed by atoms with Gasteiger partial charge in [0.25, 0.3) is 5.91 Å². The zero-order chi connectivity index (χ0) is 21.5. The summed E-state index contributed by atoms with van der Waals surface area (Å²) < 4.78 is 1.67. The van der Waals surface area contributed by atoms with Gasteiger partial charge in [0.15, 0.2) is 5.69 Å². The number of amides is 2. The smallest absolute Gasteiger partial charge is 0.275 e. The molecule has 0 radical (unpaired) electrons. The summed E-state index contributed by atoms with van der Waals surface area (Å²) in [4.78, 5) is 34.3. The number of anilines is 1. The molecular formula is C23H22ClN5O2. The van der Waals surface area contributed by atoms with E-state index in [1.54, 1.807) is 27.7 Å². The molecule has 7 nitrogen and oxygen atoms in total. The van der Waals surface area contributed by atoms with Crippen LogP contribution in [0.25, 0.3) is 0 Å². The average Bonchev–Trinajstić information content (AvgIpc) is 3.05. The molecule has 3 aromatic rings. The first-order chi connectivity index (χ1) is 15.0. The number of hydrogen-bond donors (Lipinski definition) is 0. The Morgan fingerprint density at radius 3 is 2.71 bits per heavy atom. The molecule has 0 saturated carbocycles. The van der Waals surface area contributed by atoms with Crippen molar-refractivity contribution in [1.82, 2.24) is 19.7 Å². The fourth-order valence-corrected chi connectivity index (χ4v) is 4.74. The molecule has 2 amide bonds. The molecular weight excluding hydrogens is 414 g/mol. The Hall–Kier alpha value is -3.19. The van der Waals surface area contributed by atoms with Crippen LogP contribution >= 0.6 is 11.6 Å². The van der Waals surface area contributed by atoms with Crippen molar-refractivity contribution in [2.24, 2.45) is 0 Å². The molecule has 2 aromatic heterocycles. The van der Waals surface area contributed by atoms with Crippen molar-refractivity contribution in [2.75, 3.05) is 18.5 Å². The zero-order valence-corrected chi connectivity index (χ0v) is 17.9. The minimum absolute atomic E-state index is 0.0987. The average molecular weight is 436 g/mol. The maximum atomic E-state index is 13.4. The molecule has 5 rings (SSSR count). The summed E-state index contributed by atoms with van der Waals surface area (Å²) in [6.45, 7) is 0.933. The lowest BCUT2D eigenvalue weighted by molar-refractivity contribution is -0.122. The molecule has 2 aliphatic rings. The highest BCUT2D eigenvalue weighted by atomic mass is 35.5. The molecule has 1 aromatic carbocycles. The van der Waals surface area contributed by atoms with E-state index < -0.39 is 6.04 Å². The van der Waals surface area contributed by atoms with Gasteiger partial charge in [-0.15, -0.1) is 0 Å². The Morgan fingerprint density at radius 2 is 1.90 bits per heavy atom. The van der Waals surface area contributed by atoms with E-state index in [-0.39, 0.29) is 11.8 Å². The highest BCUT2D eigenvalue weighted by Gasteiger charge is 2.40. The predicted octanol–water partition coefficient (Wildman–Crippen LogP) is 2.96. The fraction of sp³-hybridized carbons (Fsp3) is 0.304. The van der Waals surface area contributed by atoms with Crippen LogP contribution in [0.3, 0.4) is 0 Å². The Kier molecular flexibility index (Phi) is 4.98. The quantitative estimate of drug-likeness (QED) is 0.634. The second-order valence-corrected chi connectivity index (χ2v) is 8.29. The summed E-state index contributed by atoms with van der Waals surface area (Å²) in [5.41, 5.74) is 3.84. The van der Waals surface area contributed by atoms with E-state index in [4.69, 9.17) is 11.6 Å². The topological polar surface area (TPSA) is 71.3 Å². The molecule has 0 fully saturated rings. The summed E-state index contributed by atoms with van der Waals surface area (Å²) in [5, 5.41) is 5.03. The number of halogens is 1. The van der Waals surface area contributed by atoms with Crippen LogP contribution < -0.4 is 4.90 Å². The second kappa shape index (κ2) is 7.81. The second-order valence-electron chi connectivity index (χ2n) is 7.93. The van der Waals surface area contributed by atoms with Crippen molar-refractivity contribution >= 4 is 29.1 Å². The van der Waals surface area contributed by atoms with E-state index in [0.29, 0.717) is 43.2 Å². The first kappa shape index (κ1) is 19.8. The minimum Gasteiger partial charge on any atom is -0.325 e. The Morgan fingerprint density at radius 1 is 1.10 bits per heavy atom. The van der Waals surface area contributed by atoms with Crippen LogP contribution in [0.15, 0.2) is 48.7 Å². The predicted molar refractivity (Wildman–Crippen MR) is 117 cm³/mol. The largest absolute Gasteiger partial charge is 0.325 e. The van der Waals surface area contributed by atoms with Crippen LogP contribution in [0.1, 0.15) is 33.7 Å². The van der Waals surface area contributed by atoms with Gasteiger partial charge in [-0.05, 0) is 37.0 Å². The van der Waals surface area contributed by atoms with Gasteiger partial charge in [0, 0.05) is 25.4 Å². The van der Waals surface area contributed by atoms with E-state index >= 15 is 0 Å². The molecule has 4 heterocycles. The first-order valence-corrected chi connectivity index (χ1v) is 10.7. The maximum absolute atomic E-state index is 13.4. The number of likely N-dealkylation sites (N-methyl/N-ethyl adjacent to an activating group) is 1. The van der Waals surface area contributed by atoms with E-state index in [1.807, 2.05) is 42.5 Å². The molecule has 0 spiro atoms. The van der Waals surface area contributed by atoms with Crippen molar-refractivity contribution in [3.8, 4) is 0 Å². The first-order valence-electron chi connectivity index (χ1n) is 10.4. The molecule has 31 heavy (non-hydrogen) atoms. The number of aromatic nitrogens is 3. The molecule has 1 atom stereocenters. The van der Waals surface area contributed by atoms with Gasteiger partial charge < -0.3 is 9.80 Å². The lowest BCUT2D eigenvalue weighted by Gasteiger charge is -2.33. The number of rotatable bonds is 3. The van der Waals surface area contributed by atoms with Crippen molar-refractivity contribution in [3.63, 3.8) is 0 Å². The lowest BCUT2D eigenvalue weighted by Crippen LogP contribution is -2.52. The van der Waals surface area contributed by atoms with Gasteiger partial charge in [-0.1, -0.05) is 41.9 Å². The molecule has 158 valence electrons. The summed E-state index contributed by atoms with van der Waals surface area (Å²) in [6.07, 6.45) is 3.48. The van der Waals surface area contributed by atoms with Crippen molar-refractivity contribution in [3.05, 3.63) is 76.3 Å². The van der Waals surface area contributed by atoms with E-state index in [0.717, 1.165) is 22.5 Å². The molecule has 8 heteroatoms. The number of fused-ring (bicyclic) bond motifs is 2. The number of pyridine rings is 1. The number of benzene rings is 1. The van der Waals surface area contributed by atoms with Crippen molar-refractivity contribution in [1.29, 1.82) is 0 Å². The van der Waals surface area contributed by atoms with Crippen LogP contribution in [0.5, 0.6) is 0 Å². The van der Waals surface area contributed by atoms with Gasteiger partial charge in [-0.3, -0.25) is 14.6 Å². The van der Waals surface area contributed by atoms with Crippen molar-refractivity contribution in [2.45, 2.75) is 31.8 Å². The number of carbonyl (C=O) groups is 2. The third-order valence-corrected chi connectivity index (χ3v) is 6.52. The molecule has 0 aliphatic carbocycles. The molecule has 0 N–H and O–H groups in total. The number of nitrogens with zero attached hydrogens (tertiary/aromatic N) is 5. The summed E-state index contributed by atoms with van der Waals surface area (Å²) >= 11 is 6.58. The maximum Gasteiger partial charge on any atom is 0.275 e. The summed E-state index contributed by atoms with van der Waals surface area (Å²) in [7, 11) is 1.74. The highest BCUT2D eigenvalue weighted by molar-refractivity contribution is 6.31. The highest BCUT2D eigenvalue weighted by Crippen LogP contribution is 2.31. The Balaban J connectivity index is 1.42. The van der Waals surface area contributed by atoms with Gasteiger partial charge in [0.05, 0.1) is 17.9 Å². The van der Waals surface area contributed by atoms with Gasteiger partial charge in [0.1, 0.15) is 11.2 Å². The van der Waals surface area contributed by atoms with Crippen LogP contribution in [0, 0.1) is 0 Å². The minimum atomic E-state index is -0.544. The third-order valence-electron chi connectivity index (χ3n) is 6.10. The van der Waals surface area contributed by atoms with Gasteiger partial charge in [0.2, 0.25) is 5.91 Å². The summed E-state index contributed by atoms with van der Waals surface area (Å²) in [6, 6.07) is 13.0. The lowest BCUT2D eigenvalue weighted by atomic mass is 10.0. The van der Waals surface area contributed by atoms with Crippen molar-refractivity contribution < 1.29 is 9.59 Å². The van der Waals surface area contributed by atoms with E-state index in [2.05, 4.69) is 10.1 Å². The van der Waals surface area contributed by atoms with Crippen LogP contribution in [-0.2, 0) is 24.2 Å². The van der Waals surface area contributed by atoms with Gasteiger partial charge in [-0.2, -0.15) is 5.10 Å². The normalized spacial score (nSPS) is 18.6. The SMILES string of the molecule is CN1C(=O)C(N2CCc3c(nn(Cc4ccccc4)c3Cl)C2=O)CCc2ncccc21. The monoisotopic (exact) mass is 435 g/mol. The molecule has 0 bridgehead atoms. The fourth-order valence-electron chi connectivity index (χ4n) is 4.46. The van der Waals surface area contributed by atoms with E-state index in [1.165, 1.54) is 0 Å². The zero-order valence-electron chi connectivity index (χ0n) is 17.2. The third kappa shape index (κ3) is 3.39. The number of aryl methyl sites for hydroxylation is 1. The number of carbonyl (C=O) groups excluding carboxylic acids is 2. The molecule has 2 aliphatic heterocycles.